The van der Waals surface area contributed by atoms with Gasteiger partial charge in [0.05, 0.1) is 12.6 Å². The number of ether oxygens (including phenoxy) is 1. The zero-order valence-corrected chi connectivity index (χ0v) is 13.9. The van der Waals surface area contributed by atoms with Crippen molar-refractivity contribution in [2.45, 2.75) is 6.54 Å². The molecular weight excluding hydrogens is 323 g/mol. The second-order valence-corrected chi connectivity index (χ2v) is 5.64. The quantitative estimate of drug-likeness (QED) is 0.794. The van der Waals surface area contributed by atoms with E-state index in [0.717, 1.165) is 11.6 Å². The summed E-state index contributed by atoms with van der Waals surface area (Å²) in [5.74, 6) is -0.384. The van der Waals surface area contributed by atoms with E-state index in [2.05, 4.69) is 5.32 Å². The van der Waals surface area contributed by atoms with Crippen LogP contribution in [0.3, 0.4) is 0 Å². The van der Waals surface area contributed by atoms with Gasteiger partial charge in [-0.3, -0.25) is 9.59 Å². The van der Waals surface area contributed by atoms with Crippen LogP contribution in [0, 0.1) is 5.82 Å². The van der Waals surface area contributed by atoms with E-state index in [0.29, 0.717) is 11.3 Å². The van der Waals surface area contributed by atoms with Gasteiger partial charge in [0.15, 0.2) is 0 Å². The summed E-state index contributed by atoms with van der Waals surface area (Å²) in [6, 6.07) is 11.2. The number of hydrogen-bond donors (Lipinski definition) is 1. The third-order valence-corrected chi connectivity index (χ3v) is 4.03. The Morgan fingerprint density at radius 1 is 1.24 bits per heavy atom. The van der Waals surface area contributed by atoms with Crippen LogP contribution in [0.15, 0.2) is 53.5 Å². The first-order valence-corrected chi connectivity index (χ1v) is 7.70. The fraction of sp³-hybridized carbons (Fsp3) is 0.158. The minimum absolute atomic E-state index is 0.0319. The van der Waals surface area contributed by atoms with Crippen LogP contribution in [0.1, 0.15) is 15.9 Å². The van der Waals surface area contributed by atoms with Crippen molar-refractivity contribution in [3.05, 3.63) is 75.8 Å². The predicted octanol–water partition coefficient (Wildman–Crippen LogP) is 2.62. The number of fused-ring (bicyclic) bond motifs is 1. The monoisotopic (exact) mass is 340 g/mol. The van der Waals surface area contributed by atoms with Gasteiger partial charge in [0, 0.05) is 30.7 Å². The lowest BCUT2D eigenvalue weighted by atomic mass is 10.1. The van der Waals surface area contributed by atoms with Crippen LogP contribution in [0.25, 0.3) is 10.9 Å². The van der Waals surface area contributed by atoms with Crippen LogP contribution in [-0.4, -0.2) is 17.6 Å². The Hall–Kier alpha value is -3.15. The molecule has 1 heterocycles. The summed E-state index contributed by atoms with van der Waals surface area (Å²) >= 11 is 0. The molecular formula is C19H17FN2O3. The number of aromatic nitrogens is 1. The van der Waals surface area contributed by atoms with Crippen molar-refractivity contribution < 1.29 is 13.9 Å². The molecule has 0 fully saturated rings. The Balaban J connectivity index is 1.92. The number of hydrogen-bond acceptors (Lipinski definition) is 3. The summed E-state index contributed by atoms with van der Waals surface area (Å²) in [5, 5.41) is 2.88. The number of carbonyl (C=O) groups is 1. The second kappa shape index (κ2) is 6.76. The van der Waals surface area contributed by atoms with Crippen LogP contribution in [0.2, 0.25) is 0 Å². The maximum absolute atomic E-state index is 13.5. The molecule has 3 rings (SSSR count). The van der Waals surface area contributed by atoms with Crippen molar-refractivity contribution in [2.24, 2.45) is 7.05 Å². The standard InChI is InChI=1S/C19H17FN2O3/c1-22-11-15(18(23)14-9-13(20)7-8-16(14)22)19(24)21-10-12-5-3-4-6-17(12)25-2/h3-9,11H,10H2,1-2H3,(H,21,24). The molecule has 6 heteroatoms. The number of nitrogens with one attached hydrogen (secondary N) is 1. The number of nitrogens with zero attached hydrogens (tertiary/aromatic N) is 1. The maximum Gasteiger partial charge on any atom is 0.257 e. The molecule has 0 aliphatic carbocycles. The van der Waals surface area contributed by atoms with E-state index >= 15 is 0 Å². The second-order valence-electron chi connectivity index (χ2n) is 5.64. The molecule has 0 unspecified atom stereocenters. The molecule has 0 spiro atoms. The van der Waals surface area contributed by atoms with Gasteiger partial charge in [-0.2, -0.15) is 0 Å². The molecule has 128 valence electrons. The summed E-state index contributed by atoms with van der Waals surface area (Å²) in [5.41, 5.74) is 0.829. The highest BCUT2D eigenvalue weighted by molar-refractivity contribution is 5.97. The average Bonchev–Trinajstić information content (AvgIpc) is 2.62. The summed E-state index contributed by atoms with van der Waals surface area (Å²) in [6.45, 7) is 0.215. The highest BCUT2D eigenvalue weighted by Crippen LogP contribution is 2.17. The van der Waals surface area contributed by atoms with E-state index in [1.807, 2.05) is 18.2 Å². The van der Waals surface area contributed by atoms with Crippen LogP contribution in [0.5, 0.6) is 5.75 Å². The molecule has 0 radical (unpaired) electrons. The van der Waals surface area contributed by atoms with Crippen LogP contribution < -0.4 is 15.5 Å². The molecule has 0 aliphatic heterocycles. The van der Waals surface area contributed by atoms with E-state index in [4.69, 9.17) is 4.74 Å². The van der Waals surface area contributed by atoms with Crippen molar-refractivity contribution in [3.8, 4) is 5.75 Å². The number of carbonyl (C=O) groups excluding carboxylic acids is 1. The number of rotatable bonds is 4. The van der Waals surface area contributed by atoms with Crippen molar-refractivity contribution in [1.82, 2.24) is 9.88 Å². The molecule has 25 heavy (non-hydrogen) atoms. The van der Waals surface area contributed by atoms with Gasteiger partial charge >= 0.3 is 0 Å². The number of halogens is 1. The summed E-state index contributed by atoms with van der Waals surface area (Å²) < 4.78 is 20.3. The Labute approximate surface area is 143 Å². The van der Waals surface area contributed by atoms with Crippen LogP contribution in [0.4, 0.5) is 4.39 Å². The van der Waals surface area contributed by atoms with E-state index in [1.165, 1.54) is 18.3 Å². The molecule has 1 N–H and O–H groups in total. The number of pyridine rings is 1. The Bertz CT molecular complexity index is 1010. The van der Waals surface area contributed by atoms with Gasteiger partial charge in [0.2, 0.25) is 5.43 Å². The lowest BCUT2D eigenvalue weighted by Gasteiger charge is -2.11. The van der Waals surface area contributed by atoms with E-state index < -0.39 is 17.2 Å². The molecule has 0 saturated carbocycles. The fourth-order valence-corrected chi connectivity index (χ4v) is 2.75. The maximum atomic E-state index is 13.5. The highest BCUT2D eigenvalue weighted by atomic mass is 19.1. The molecule has 2 aromatic carbocycles. The molecule has 0 atom stereocenters. The number of amides is 1. The van der Waals surface area contributed by atoms with Crippen LogP contribution in [-0.2, 0) is 13.6 Å². The largest absolute Gasteiger partial charge is 0.496 e. The molecule has 1 amide bonds. The Kier molecular flexibility index (Phi) is 4.52. The van der Waals surface area contributed by atoms with Gasteiger partial charge in [-0.25, -0.2) is 4.39 Å². The first-order chi connectivity index (χ1) is 12.0. The van der Waals surface area contributed by atoms with Gasteiger partial charge in [0.25, 0.3) is 5.91 Å². The van der Waals surface area contributed by atoms with Gasteiger partial charge in [0.1, 0.15) is 17.1 Å². The highest BCUT2D eigenvalue weighted by Gasteiger charge is 2.15. The SMILES string of the molecule is COc1ccccc1CNC(=O)c1cn(C)c2ccc(F)cc2c1=O. The molecule has 3 aromatic rings. The lowest BCUT2D eigenvalue weighted by Crippen LogP contribution is -2.29. The molecule has 5 nitrogen and oxygen atoms in total. The topological polar surface area (TPSA) is 60.3 Å². The Morgan fingerprint density at radius 3 is 2.76 bits per heavy atom. The Morgan fingerprint density at radius 2 is 2.00 bits per heavy atom. The predicted molar refractivity (Wildman–Crippen MR) is 93.3 cm³/mol. The molecule has 0 bridgehead atoms. The van der Waals surface area contributed by atoms with Crippen molar-refractivity contribution in [2.75, 3.05) is 7.11 Å². The third-order valence-electron chi connectivity index (χ3n) is 4.03. The van der Waals surface area contributed by atoms with Crippen molar-refractivity contribution in [3.63, 3.8) is 0 Å². The molecule has 1 aromatic heterocycles. The van der Waals surface area contributed by atoms with Gasteiger partial charge in [-0.1, -0.05) is 18.2 Å². The zero-order chi connectivity index (χ0) is 18.0. The third kappa shape index (κ3) is 3.24. The smallest absolute Gasteiger partial charge is 0.257 e. The van der Waals surface area contributed by atoms with Gasteiger partial charge in [-0.15, -0.1) is 0 Å². The van der Waals surface area contributed by atoms with E-state index in [-0.39, 0.29) is 17.5 Å². The number of aryl methyl sites for hydroxylation is 1. The normalized spacial score (nSPS) is 10.7. The summed E-state index contributed by atoms with van der Waals surface area (Å²) in [6.07, 6.45) is 1.46. The zero-order valence-electron chi connectivity index (χ0n) is 13.9. The summed E-state index contributed by atoms with van der Waals surface area (Å²) in [7, 11) is 3.25. The lowest BCUT2D eigenvalue weighted by molar-refractivity contribution is 0.0949. The average molecular weight is 340 g/mol. The van der Waals surface area contributed by atoms with Gasteiger partial charge in [-0.05, 0) is 24.3 Å². The number of para-hydroxylation sites is 1. The van der Waals surface area contributed by atoms with E-state index in [1.54, 1.807) is 24.8 Å². The number of benzene rings is 2. The minimum atomic E-state index is -0.517. The van der Waals surface area contributed by atoms with Gasteiger partial charge < -0.3 is 14.6 Å². The summed E-state index contributed by atoms with van der Waals surface area (Å²) in [4.78, 5) is 25.0. The fourth-order valence-electron chi connectivity index (χ4n) is 2.75. The van der Waals surface area contributed by atoms with E-state index in [9.17, 15) is 14.0 Å². The number of methoxy groups -OCH3 is 1. The minimum Gasteiger partial charge on any atom is -0.496 e. The first-order valence-electron chi connectivity index (χ1n) is 7.70. The molecule has 0 saturated heterocycles. The first kappa shape index (κ1) is 16.7. The molecule has 0 aliphatic rings. The van der Waals surface area contributed by atoms with Crippen LogP contribution >= 0.6 is 0 Å². The van der Waals surface area contributed by atoms with Crippen molar-refractivity contribution >= 4 is 16.8 Å². The van der Waals surface area contributed by atoms with Crippen molar-refractivity contribution in [1.29, 1.82) is 0 Å².